The highest BCUT2D eigenvalue weighted by Crippen LogP contribution is 2.44. The topological polar surface area (TPSA) is 9.23 Å². The summed E-state index contributed by atoms with van der Waals surface area (Å²) in [6.45, 7) is 0. The first-order chi connectivity index (χ1) is 8.06. The molecule has 1 unspecified atom stereocenters. The van der Waals surface area contributed by atoms with Crippen LogP contribution in [0.3, 0.4) is 0 Å². The molecule has 0 spiro atoms. The number of alkyl halides is 1. The average molecular weight is 261 g/mol. The van der Waals surface area contributed by atoms with Gasteiger partial charge in [-0.15, -0.1) is 11.6 Å². The van der Waals surface area contributed by atoms with Crippen molar-refractivity contribution < 1.29 is 13.5 Å². The fourth-order valence-electron chi connectivity index (χ4n) is 2.25. The van der Waals surface area contributed by atoms with E-state index in [1.54, 1.807) is 7.11 Å². The maximum Gasteiger partial charge on any atom is 0.130 e. The molecule has 1 aliphatic carbocycles. The predicted molar refractivity (Wildman–Crippen MR) is 63.2 cm³/mol. The summed E-state index contributed by atoms with van der Waals surface area (Å²) in [6.07, 6.45) is 3.59. The SMILES string of the molecule is COC1(CC(Cl)c2ccc(F)cc2F)CCC1. The number of halogens is 3. The van der Waals surface area contributed by atoms with Crippen molar-refractivity contribution in [2.75, 3.05) is 7.11 Å². The van der Waals surface area contributed by atoms with Gasteiger partial charge in [-0.1, -0.05) is 6.07 Å². The molecule has 1 saturated carbocycles. The van der Waals surface area contributed by atoms with E-state index in [9.17, 15) is 8.78 Å². The molecule has 1 aromatic rings. The molecule has 0 saturated heterocycles. The lowest BCUT2D eigenvalue weighted by Crippen LogP contribution is -2.40. The first kappa shape index (κ1) is 12.8. The van der Waals surface area contributed by atoms with Gasteiger partial charge in [0.05, 0.1) is 11.0 Å². The zero-order valence-corrected chi connectivity index (χ0v) is 10.4. The van der Waals surface area contributed by atoms with Crippen LogP contribution in [0.25, 0.3) is 0 Å². The standard InChI is InChI=1S/C13H15ClF2O/c1-17-13(5-2-6-13)8-11(14)10-4-3-9(15)7-12(10)16/h3-4,7,11H,2,5-6,8H2,1H3. The van der Waals surface area contributed by atoms with Crippen LogP contribution in [0.1, 0.15) is 36.6 Å². The lowest BCUT2D eigenvalue weighted by atomic mass is 9.76. The van der Waals surface area contributed by atoms with Crippen molar-refractivity contribution in [2.45, 2.75) is 36.7 Å². The molecule has 0 bridgehead atoms. The summed E-state index contributed by atoms with van der Waals surface area (Å²) in [6, 6.07) is 3.50. The van der Waals surface area contributed by atoms with E-state index in [1.165, 1.54) is 12.1 Å². The van der Waals surface area contributed by atoms with Crippen LogP contribution < -0.4 is 0 Å². The van der Waals surface area contributed by atoms with Gasteiger partial charge in [0, 0.05) is 18.7 Å². The second-order valence-corrected chi connectivity index (χ2v) is 5.11. The Kier molecular flexibility index (Phi) is 3.69. The van der Waals surface area contributed by atoms with Crippen LogP contribution >= 0.6 is 11.6 Å². The third kappa shape index (κ3) is 2.61. The number of hydrogen-bond donors (Lipinski definition) is 0. The number of benzene rings is 1. The van der Waals surface area contributed by atoms with Crippen molar-refractivity contribution in [1.82, 2.24) is 0 Å². The summed E-state index contributed by atoms with van der Waals surface area (Å²) in [5, 5.41) is -0.476. The first-order valence-corrected chi connectivity index (χ1v) is 6.14. The first-order valence-electron chi connectivity index (χ1n) is 5.70. The number of rotatable bonds is 4. The summed E-state index contributed by atoms with van der Waals surface area (Å²) < 4.78 is 31.8. The smallest absolute Gasteiger partial charge is 0.130 e. The Balaban J connectivity index is 2.11. The molecule has 0 radical (unpaired) electrons. The van der Waals surface area contributed by atoms with E-state index in [0.29, 0.717) is 12.0 Å². The highest BCUT2D eigenvalue weighted by Gasteiger charge is 2.39. The highest BCUT2D eigenvalue weighted by atomic mass is 35.5. The van der Waals surface area contributed by atoms with Gasteiger partial charge in [0.1, 0.15) is 11.6 Å². The summed E-state index contributed by atoms with van der Waals surface area (Å²) in [4.78, 5) is 0. The van der Waals surface area contributed by atoms with Gasteiger partial charge in [-0.05, 0) is 31.7 Å². The molecule has 0 amide bonds. The van der Waals surface area contributed by atoms with E-state index in [4.69, 9.17) is 16.3 Å². The zero-order chi connectivity index (χ0) is 12.5. The quantitative estimate of drug-likeness (QED) is 0.737. The van der Waals surface area contributed by atoms with Gasteiger partial charge in [0.25, 0.3) is 0 Å². The molecule has 4 heteroatoms. The van der Waals surface area contributed by atoms with Crippen molar-refractivity contribution >= 4 is 11.6 Å². The Labute approximate surface area is 105 Å². The molecule has 1 aromatic carbocycles. The predicted octanol–water partition coefficient (Wildman–Crippen LogP) is 4.20. The Morgan fingerprint density at radius 2 is 2.12 bits per heavy atom. The molecule has 94 valence electrons. The summed E-state index contributed by atoms with van der Waals surface area (Å²) in [7, 11) is 1.66. The molecule has 1 aliphatic rings. The minimum Gasteiger partial charge on any atom is -0.378 e. The number of hydrogen-bond acceptors (Lipinski definition) is 1. The largest absolute Gasteiger partial charge is 0.378 e. The Hall–Kier alpha value is -0.670. The molecule has 1 atom stereocenters. The van der Waals surface area contributed by atoms with Crippen LogP contribution in [0.2, 0.25) is 0 Å². The minimum atomic E-state index is -0.587. The van der Waals surface area contributed by atoms with E-state index in [1.807, 2.05) is 0 Å². The molecule has 0 N–H and O–H groups in total. The van der Waals surface area contributed by atoms with Gasteiger partial charge in [0.2, 0.25) is 0 Å². The molecule has 0 aliphatic heterocycles. The lowest BCUT2D eigenvalue weighted by Gasteiger charge is -2.41. The van der Waals surface area contributed by atoms with E-state index in [-0.39, 0.29) is 5.60 Å². The lowest BCUT2D eigenvalue weighted by molar-refractivity contribution is -0.0781. The monoisotopic (exact) mass is 260 g/mol. The van der Waals surface area contributed by atoms with Crippen LogP contribution in [0.5, 0.6) is 0 Å². The number of methoxy groups -OCH3 is 1. The van der Waals surface area contributed by atoms with Crippen molar-refractivity contribution in [1.29, 1.82) is 0 Å². The maximum absolute atomic E-state index is 13.5. The summed E-state index contributed by atoms with van der Waals surface area (Å²) in [5.41, 5.74) is 0.129. The van der Waals surface area contributed by atoms with Crippen LogP contribution in [0, 0.1) is 11.6 Å². The third-order valence-electron chi connectivity index (χ3n) is 3.55. The summed E-state index contributed by atoms with van der Waals surface area (Å²) in [5.74, 6) is -1.17. The van der Waals surface area contributed by atoms with Gasteiger partial charge >= 0.3 is 0 Å². The van der Waals surface area contributed by atoms with Gasteiger partial charge in [-0.3, -0.25) is 0 Å². The van der Waals surface area contributed by atoms with Crippen LogP contribution in [-0.4, -0.2) is 12.7 Å². The normalized spacial score (nSPS) is 19.8. The van der Waals surface area contributed by atoms with E-state index in [0.717, 1.165) is 25.3 Å². The fraction of sp³-hybridized carbons (Fsp3) is 0.538. The molecule has 2 rings (SSSR count). The van der Waals surface area contributed by atoms with Crippen molar-refractivity contribution in [3.8, 4) is 0 Å². The van der Waals surface area contributed by atoms with Gasteiger partial charge in [-0.25, -0.2) is 8.78 Å². The second kappa shape index (κ2) is 4.91. The van der Waals surface area contributed by atoms with E-state index in [2.05, 4.69) is 0 Å². The van der Waals surface area contributed by atoms with Crippen LogP contribution in [0.15, 0.2) is 18.2 Å². The molecule has 0 heterocycles. The van der Waals surface area contributed by atoms with Crippen LogP contribution in [0.4, 0.5) is 8.78 Å². The highest BCUT2D eigenvalue weighted by molar-refractivity contribution is 6.20. The van der Waals surface area contributed by atoms with Crippen LogP contribution in [-0.2, 0) is 4.74 Å². The molecular formula is C13H15ClF2O. The molecule has 17 heavy (non-hydrogen) atoms. The van der Waals surface area contributed by atoms with Gasteiger partial charge in [-0.2, -0.15) is 0 Å². The van der Waals surface area contributed by atoms with Crippen molar-refractivity contribution in [3.05, 3.63) is 35.4 Å². The third-order valence-corrected chi connectivity index (χ3v) is 3.94. The van der Waals surface area contributed by atoms with Gasteiger partial charge < -0.3 is 4.74 Å². The maximum atomic E-state index is 13.5. The summed E-state index contributed by atoms with van der Waals surface area (Å²) >= 11 is 6.20. The Morgan fingerprint density at radius 3 is 2.59 bits per heavy atom. The van der Waals surface area contributed by atoms with E-state index < -0.39 is 17.0 Å². The van der Waals surface area contributed by atoms with E-state index >= 15 is 0 Å². The second-order valence-electron chi connectivity index (χ2n) is 4.58. The molecule has 0 aromatic heterocycles. The average Bonchev–Trinajstić information content (AvgIpc) is 2.23. The molecule has 1 nitrogen and oxygen atoms in total. The number of ether oxygens (including phenoxy) is 1. The fourth-order valence-corrected chi connectivity index (χ4v) is 2.71. The zero-order valence-electron chi connectivity index (χ0n) is 9.68. The van der Waals surface area contributed by atoms with Crippen molar-refractivity contribution in [3.63, 3.8) is 0 Å². The minimum absolute atomic E-state index is 0.215. The Morgan fingerprint density at radius 1 is 1.41 bits per heavy atom. The molecule has 1 fully saturated rings. The molecular weight excluding hydrogens is 246 g/mol. The van der Waals surface area contributed by atoms with Crippen molar-refractivity contribution in [2.24, 2.45) is 0 Å². The van der Waals surface area contributed by atoms with Gasteiger partial charge in [0.15, 0.2) is 0 Å². The Bertz CT molecular complexity index is 399.